The van der Waals surface area contributed by atoms with Crippen molar-refractivity contribution in [2.75, 3.05) is 33.0 Å². The summed E-state index contributed by atoms with van der Waals surface area (Å²) in [4.78, 5) is 22.8. The number of amides is 1. The van der Waals surface area contributed by atoms with Gasteiger partial charge in [0.15, 0.2) is 12.4 Å². The monoisotopic (exact) mass is 293 g/mol. The van der Waals surface area contributed by atoms with E-state index in [2.05, 4.69) is 5.32 Å². The third kappa shape index (κ3) is 5.17. The van der Waals surface area contributed by atoms with Crippen LogP contribution >= 0.6 is 0 Å². The van der Waals surface area contributed by atoms with Crippen LogP contribution in [0.2, 0.25) is 0 Å². The van der Waals surface area contributed by atoms with Crippen molar-refractivity contribution >= 4 is 11.7 Å². The molecule has 1 heterocycles. The number of carbonyl (C=O) groups excluding carboxylic acids is 2. The van der Waals surface area contributed by atoms with E-state index in [0.29, 0.717) is 37.7 Å². The fraction of sp³-hybridized carbons (Fsp3) is 0.467. The Morgan fingerprint density at radius 3 is 2.67 bits per heavy atom. The lowest BCUT2D eigenvalue weighted by molar-refractivity contribution is -0.125. The Labute approximate surface area is 123 Å². The molecule has 6 heteroatoms. The number of ketones is 1. The van der Waals surface area contributed by atoms with E-state index in [9.17, 15) is 9.59 Å². The van der Waals surface area contributed by atoms with Gasteiger partial charge in [0.25, 0.3) is 5.91 Å². The van der Waals surface area contributed by atoms with E-state index < -0.39 is 0 Å². The molecule has 0 spiro atoms. The first-order chi connectivity index (χ1) is 10.1. The Morgan fingerprint density at radius 2 is 2.05 bits per heavy atom. The van der Waals surface area contributed by atoms with Crippen molar-refractivity contribution < 1.29 is 23.8 Å². The minimum Gasteiger partial charge on any atom is -0.484 e. The summed E-state index contributed by atoms with van der Waals surface area (Å²) in [6.07, 6.45) is -0.0995. The minimum atomic E-state index is -0.222. The number of carbonyl (C=O) groups is 2. The Bertz CT molecular complexity index is 479. The summed E-state index contributed by atoms with van der Waals surface area (Å²) in [5, 5.41) is 2.73. The fourth-order valence-electron chi connectivity index (χ4n) is 1.87. The van der Waals surface area contributed by atoms with Crippen molar-refractivity contribution in [2.45, 2.75) is 13.0 Å². The molecular formula is C15H19NO5. The number of hydrogen-bond acceptors (Lipinski definition) is 5. The number of rotatable bonds is 6. The van der Waals surface area contributed by atoms with E-state index in [-0.39, 0.29) is 24.4 Å². The molecule has 1 aromatic carbocycles. The van der Waals surface area contributed by atoms with Crippen molar-refractivity contribution in [3.05, 3.63) is 29.8 Å². The molecule has 0 radical (unpaired) electrons. The van der Waals surface area contributed by atoms with Gasteiger partial charge in [0.2, 0.25) is 0 Å². The molecule has 1 aliphatic heterocycles. The van der Waals surface area contributed by atoms with Crippen LogP contribution in [0.5, 0.6) is 5.75 Å². The van der Waals surface area contributed by atoms with Crippen molar-refractivity contribution in [3.8, 4) is 5.75 Å². The SMILES string of the molecule is CC(=O)c1ccc(OCC(=O)NC[C@@H]2COCCO2)cc1. The lowest BCUT2D eigenvalue weighted by Gasteiger charge is -2.23. The zero-order chi connectivity index (χ0) is 15.1. The number of benzene rings is 1. The summed E-state index contributed by atoms with van der Waals surface area (Å²) in [5.41, 5.74) is 0.612. The number of Topliss-reactive ketones (excluding diaryl/α,β-unsaturated/α-hetero) is 1. The Hall–Kier alpha value is -1.92. The van der Waals surface area contributed by atoms with Gasteiger partial charge in [-0.2, -0.15) is 0 Å². The summed E-state index contributed by atoms with van der Waals surface area (Å²) in [6, 6.07) is 6.68. The van der Waals surface area contributed by atoms with Crippen LogP contribution in [-0.2, 0) is 14.3 Å². The number of ether oxygens (including phenoxy) is 3. The first-order valence-electron chi connectivity index (χ1n) is 6.85. The molecule has 0 saturated carbocycles. The second-order valence-corrected chi connectivity index (χ2v) is 4.74. The maximum absolute atomic E-state index is 11.6. The molecule has 1 fully saturated rings. The van der Waals surface area contributed by atoms with Crippen molar-refractivity contribution in [1.29, 1.82) is 0 Å². The van der Waals surface area contributed by atoms with E-state index in [0.717, 1.165) is 0 Å². The molecule has 0 bridgehead atoms. The highest BCUT2D eigenvalue weighted by atomic mass is 16.6. The lowest BCUT2D eigenvalue weighted by Crippen LogP contribution is -2.41. The van der Waals surface area contributed by atoms with Gasteiger partial charge in [-0.25, -0.2) is 0 Å². The Balaban J connectivity index is 1.69. The fourth-order valence-corrected chi connectivity index (χ4v) is 1.87. The van der Waals surface area contributed by atoms with E-state index in [1.54, 1.807) is 24.3 Å². The second-order valence-electron chi connectivity index (χ2n) is 4.74. The van der Waals surface area contributed by atoms with Gasteiger partial charge in [0, 0.05) is 12.1 Å². The molecule has 0 unspecified atom stereocenters. The molecule has 1 aliphatic rings. The van der Waals surface area contributed by atoms with Crippen molar-refractivity contribution in [3.63, 3.8) is 0 Å². The summed E-state index contributed by atoms with van der Waals surface area (Å²) in [6.45, 7) is 3.48. The van der Waals surface area contributed by atoms with Gasteiger partial charge in [-0.15, -0.1) is 0 Å². The summed E-state index contributed by atoms with van der Waals surface area (Å²) < 4.78 is 16.0. The molecule has 21 heavy (non-hydrogen) atoms. The zero-order valence-electron chi connectivity index (χ0n) is 12.0. The van der Waals surface area contributed by atoms with Gasteiger partial charge in [-0.05, 0) is 31.2 Å². The van der Waals surface area contributed by atoms with Crippen LogP contribution < -0.4 is 10.1 Å². The summed E-state index contributed by atoms with van der Waals surface area (Å²) >= 11 is 0. The van der Waals surface area contributed by atoms with Crippen LogP contribution in [0.15, 0.2) is 24.3 Å². The third-order valence-electron chi connectivity index (χ3n) is 3.04. The number of nitrogens with one attached hydrogen (secondary N) is 1. The van der Waals surface area contributed by atoms with E-state index in [1.165, 1.54) is 6.92 Å². The molecule has 1 aromatic rings. The molecule has 114 valence electrons. The lowest BCUT2D eigenvalue weighted by atomic mass is 10.1. The highest BCUT2D eigenvalue weighted by Gasteiger charge is 2.15. The predicted octanol–water partition coefficient (Wildman–Crippen LogP) is 0.800. The second kappa shape index (κ2) is 7.75. The van der Waals surface area contributed by atoms with E-state index in [1.807, 2.05) is 0 Å². The normalized spacial score (nSPS) is 18.0. The predicted molar refractivity (Wildman–Crippen MR) is 75.5 cm³/mol. The molecular weight excluding hydrogens is 274 g/mol. The third-order valence-corrected chi connectivity index (χ3v) is 3.04. The molecule has 1 N–H and O–H groups in total. The largest absolute Gasteiger partial charge is 0.484 e. The van der Waals surface area contributed by atoms with Gasteiger partial charge in [0.1, 0.15) is 5.75 Å². The van der Waals surface area contributed by atoms with Gasteiger partial charge in [-0.1, -0.05) is 0 Å². The summed E-state index contributed by atoms with van der Waals surface area (Å²) in [5.74, 6) is 0.321. The van der Waals surface area contributed by atoms with Gasteiger partial charge in [-0.3, -0.25) is 9.59 Å². The maximum Gasteiger partial charge on any atom is 0.258 e. The van der Waals surface area contributed by atoms with E-state index in [4.69, 9.17) is 14.2 Å². The highest BCUT2D eigenvalue weighted by Crippen LogP contribution is 2.12. The van der Waals surface area contributed by atoms with Crippen LogP contribution in [-0.4, -0.2) is 50.8 Å². The Morgan fingerprint density at radius 1 is 1.29 bits per heavy atom. The topological polar surface area (TPSA) is 73.9 Å². The molecule has 2 rings (SSSR count). The molecule has 0 aliphatic carbocycles. The minimum absolute atomic E-state index is 0.00556. The molecule has 1 amide bonds. The van der Waals surface area contributed by atoms with Gasteiger partial charge >= 0.3 is 0 Å². The Kier molecular flexibility index (Phi) is 5.71. The molecule has 1 saturated heterocycles. The van der Waals surface area contributed by atoms with E-state index >= 15 is 0 Å². The molecule has 0 aromatic heterocycles. The maximum atomic E-state index is 11.6. The average molecular weight is 293 g/mol. The summed E-state index contributed by atoms with van der Waals surface area (Å²) in [7, 11) is 0. The van der Waals surface area contributed by atoms with Crippen LogP contribution in [0.4, 0.5) is 0 Å². The van der Waals surface area contributed by atoms with Gasteiger partial charge in [0.05, 0.1) is 25.9 Å². The van der Waals surface area contributed by atoms with Crippen LogP contribution in [0.25, 0.3) is 0 Å². The first-order valence-corrected chi connectivity index (χ1v) is 6.85. The quantitative estimate of drug-likeness (QED) is 0.785. The zero-order valence-corrected chi connectivity index (χ0v) is 12.0. The van der Waals surface area contributed by atoms with Crippen LogP contribution in [0, 0.1) is 0 Å². The van der Waals surface area contributed by atoms with Crippen molar-refractivity contribution in [1.82, 2.24) is 5.32 Å². The molecule has 1 atom stereocenters. The molecule has 6 nitrogen and oxygen atoms in total. The van der Waals surface area contributed by atoms with Gasteiger partial charge < -0.3 is 19.5 Å². The first kappa shape index (κ1) is 15.5. The van der Waals surface area contributed by atoms with Crippen LogP contribution in [0.1, 0.15) is 17.3 Å². The highest BCUT2D eigenvalue weighted by molar-refractivity contribution is 5.94. The standard InChI is InChI=1S/C15H19NO5/c1-11(17)12-2-4-13(5-3-12)21-10-15(18)16-8-14-9-19-6-7-20-14/h2-5,14H,6-10H2,1H3,(H,16,18)/t14-/m1/s1. The number of hydrogen-bond donors (Lipinski definition) is 1. The average Bonchev–Trinajstić information content (AvgIpc) is 2.52. The van der Waals surface area contributed by atoms with Crippen molar-refractivity contribution in [2.24, 2.45) is 0 Å². The van der Waals surface area contributed by atoms with Crippen LogP contribution in [0.3, 0.4) is 0 Å². The smallest absolute Gasteiger partial charge is 0.258 e.